The van der Waals surface area contributed by atoms with Crippen molar-refractivity contribution in [3.05, 3.63) is 0 Å². The Balaban J connectivity index is 2.31. The fourth-order valence-corrected chi connectivity index (χ4v) is 1.59. The van der Waals surface area contributed by atoms with Gasteiger partial charge >= 0.3 is 5.97 Å². The van der Waals surface area contributed by atoms with Gasteiger partial charge in [-0.05, 0) is 12.8 Å². The fraction of sp³-hybridized carbons (Fsp3) is 0.889. The molecule has 1 aliphatic carbocycles. The summed E-state index contributed by atoms with van der Waals surface area (Å²) in [7, 11) is 0. The first kappa shape index (κ1) is 9.52. The van der Waals surface area contributed by atoms with E-state index in [1.165, 1.54) is 13.3 Å². The molecule has 0 bridgehead atoms. The van der Waals surface area contributed by atoms with Crippen molar-refractivity contribution in [2.24, 2.45) is 0 Å². The van der Waals surface area contributed by atoms with Gasteiger partial charge in [0.1, 0.15) is 6.61 Å². The third kappa shape index (κ3) is 2.81. The van der Waals surface area contributed by atoms with Crippen LogP contribution >= 0.6 is 0 Å². The number of ether oxygens (including phenoxy) is 1. The van der Waals surface area contributed by atoms with Crippen LogP contribution in [0.15, 0.2) is 0 Å². The first-order chi connectivity index (χ1) is 5.62. The Morgan fingerprint density at radius 1 is 1.42 bits per heavy atom. The number of esters is 1. The molecule has 0 radical (unpaired) electrons. The van der Waals surface area contributed by atoms with E-state index >= 15 is 0 Å². The van der Waals surface area contributed by atoms with Gasteiger partial charge < -0.3 is 9.84 Å². The molecule has 0 spiro atoms. The molecule has 1 N–H and O–H groups in total. The smallest absolute Gasteiger partial charge is 0.302 e. The summed E-state index contributed by atoms with van der Waals surface area (Å²) in [6.07, 6.45) is 4.79. The monoisotopic (exact) mass is 172 g/mol. The lowest BCUT2D eigenvalue weighted by Gasteiger charge is -2.30. The Kier molecular flexibility index (Phi) is 3.09. The van der Waals surface area contributed by atoms with E-state index in [1.807, 2.05) is 0 Å². The minimum Gasteiger partial charge on any atom is -0.463 e. The highest BCUT2D eigenvalue weighted by Gasteiger charge is 2.30. The highest BCUT2D eigenvalue weighted by atomic mass is 16.5. The van der Waals surface area contributed by atoms with Crippen molar-refractivity contribution in [1.82, 2.24) is 0 Å². The molecule has 1 aliphatic rings. The van der Waals surface area contributed by atoms with E-state index in [-0.39, 0.29) is 12.6 Å². The maximum Gasteiger partial charge on any atom is 0.302 e. The second-order valence-electron chi connectivity index (χ2n) is 3.57. The molecule has 3 heteroatoms. The summed E-state index contributed by atoms with van der Waals surface area (Å²) < 4.78 is 4.80. The lowest BCUT2D eigenvalue weighted by Crippen LogP contribution is -2.37. The minimum absolute atomic E-state index is 0.169. The van der Waals surface area contributed by atoms with Crippen molar-refractivity contribution in [2.45, 2.75) is 44.6 Å². The van der Waals surface area contributed by atoms with Gasteiger partial charge in [-0.2, -0.15) is 0 Å². The van der Waals surface area contributed by atoms with Crippen LogP contribution in [-0.2, 0) is 9.53 Å². The van der Waals surface area contributed by atoms with Gasteiger partial charge in [0.05, 0.1) is 5.60 Å². The molecule has 70 valence electrons. The van der Waals surface area contributed by atoms with Crippen LogP contribution in [0.5, 0.6) is 0 Å². The standard InChI is InChI=1S/C9H16O3/c1-8(10)12-7-9(11)5-3-2-4-6-9/h11H,2-7H2,1H3. The first-order valence-corrected chi connectivity index (χ1v) is 4.48. The zero-order chi connectivity index (χ0) is 9.03. The zero-order valence-corrected chi connectivity index (χ0v) is 7.51. The van der Waals surface area contributed by atoms with Crippen molar-refractivity contribution < 1.29 is 14.6 Å². The Hall–Kier alpha value is -0.570. The summed E-state index contributed by atoms with van der Waals surface area (Å²) in [5.41, 5.74) is -0.732. The molecule has 0 heterocycles. The molecule has 0 aromatic carbocycles. The number of hydrogen-bond donors (Lipinski definition) is 1. The van der Waals surface area contributed by atoms with Crippen molar-refractivity contribution >= 4 is 5.97 Å². The molecular formula is C9H16O3. The molecule has 0 amide bonds. The molecule has 12 heavy (non-hydrogen) atoms. The summed E-state index contributed by atoms with van der Waals surface area (Å²) in [6, 6.07) is 0. The Bertz CT molecular complexity index is 159. The van der Waals surface area contributed by atoms with E-state index in [4.69, 9.17) is 4.74 Å². The van der Waals surface area contributed by atoms with Gasteiger partial charge in [0.15, 0.2) is 0 Å². The maximum absolute atomic E-state index is 10.5. The van der Waals surface area contributed by atoms with E-state index in [0.717, 1.165) is 25.7 Å². The molecular weight excluding hydrogens is 156 g/mol. The SMILES string of the molecule is CC(=O)OCC1(O)CCCCC1. The molecule has 0 atom stereocenters. The molecule has 0 unspecified atom stereocenters. The van der Waals surface area contributed by atoms with Crippen LogP contribution in [0.25, 0.3) is 0 Å². The van der Waals surface area contributed by atoms with Crippen LogP contribution in [0.3, 0.4) is 0 Å². The van der Waals surface area contributed by atoms with Crippen LogP contribution in [0.4, 0.5) is 0 Å². The number of carbonyl (C=O) groups excluding carboxylic acids is 1. The number of carbonyl (C=O) groups is 1. The number of hydrogen-bond acceptors (Lipinski definition) is 3. The van der Waals surface area contributed by atoms with Gasteiger partial charge in [-0.15, -0.1) is 0 Å². The average molecular weight is 172 g/mol. The summed E-state index contributed by atoms with van der Waals surface area (Å²) in [5.74, 6) is -0.311. The zero-order valence-electron chi connectivity index (χ0n) is 7.51. The van der Waals surface area contributed by atoms with Crippen LogP contribution in [0, 0.1) is 0 Å². The molecule has 0 aliphatic heterocycles. The molecule has 3 nitrogen and oxygen atoms in total. The van der Waals surface area contributed by atoms with Gasteiger partial charge in [0, 0.05) is 6.92 Å². The second kappa shape index (κ2) is 3.90. The lowest BCUT2D eigenvalue weighted by atomic mass is 9.86. The molecule has 1 rings (SSSR count). The third-order valence-corrected chi connectivity index (χ3v) is 2.33. The van der Waals surface area contributed by atoms with Gasteiger partial charge in [-0.1, -0.05) is 19.3 Å². The third-order valence-electron chi connectivity index (χ3n) is 2.33. The molecule has 0 aromatic heterocycles. The molecule has 1 fully saturated rings. The van der Waals surface area contributed by atoms with Crippen molar-refractivity contribution in [1.29, 1.82) is 0 Å². The Labute approximate surface area is 72.7 Å². The normalized spacial score (nSPS) is 21.8. The van der Waals surface area contributed by atoms with Crippen molar-refractivity contribution in [2.75, 3.05) is 6.61 Å². The first-order valence-electron chi connectivity index (χ1n) is 4.48. The van der Waals surface area contributed by atoms with Crippen molar-refractivity contribution in [3.63, 3.8) is 0 Å². The van der Waals surface area contributed by atoms with Crippen LogP contribution < -0.4 is 0 Å². The summed E-state index contributed by atoms with van der Waals surface area (Å²) in [4.78, 5) is 10.5. The van der Waals surface area contributed by atoms with Gasteiger partial charge in [0.2, 0.25) is 0 Å². The van der Waals surface area contributed by atoms with Gasteiger partial charge in [0.25, 0.3) is 0 Å². The highest BCUT2D eigenvalue weighted by Crippen LogP contribution is 2.27. The molecule has 0 saturated heterocycles. The van der Waals surface area contributed by atoms with E-state index in [1.54, 1.807) is 0 Å². The number of aliphatic hydroxyl groups is 1. The largest absolute Gasteiger partial charge is 0.463 e. The van der Waals surface area contributed by atoms with E-state index in [0.29, 0.717) is 0 Å². The number of rotatable bonds is 2. The molecule has 1 saturated carbocycles. The summed E-state index contributed by atoms with van der Waals surface area (Å²) in [6.45, 7) is 1.54. The Morgan fingerprint density at radius 3 is 2.50 bits per heavy atom. The van der Waals surface area contributed by atoms with Crippen molar-refractivity contribution in [3.8, 4) is 0 Å². The van der Waals surface area contributed by atoms with E-state index < -0.39 is 5.60 Å². The van der Waals surface area contributed by atoms with Crippen LogP contribution in [-0.4, -0.2) is 23.3 Å². The van der Waals surface area contributed by atoms with E-state index in [2.05, 4.69) is 0 Å². The minimum atomic E-state index is -0.732. The second-order valence-corrected chi connectivity index (χ2v) is 3.57. The van der Waals surface area contributed by atoms with Gasteiger partial charge in [-0.25, -0.2) is 0 Å². The Morgan fingerprint density at radius 2 is 2.00 bits per heavy atom. The van der Waals surface area contributed by atoms with Crippen LogP contribution in [0.2, 0.25) is 0 Å². The van der Waals surface area contributed by atoms with E-state index in [9.17, 15) is 9.90 Å². The van der Waals surface area contributed by atoms with Crippen LogP contribution in [0.1, 0.15) is 39.0 Å². The topological polar surface area (TPSA) is 46.5 Å². The van der Waals surface area contributed by atoms with Gasteiger partial charge in [-0.3, -0.25) is 4.79 Å². The predicted octanol–water partition coefficient (Wildman–Crippen LogP) is 1.24. The predicted molar refractivity (Wildman–Crippen MR) is 44.7 cm³/mol. The lowest BCUT2D eigenvalue weighted by molar-refractivity contribution is -0.150. The maximum atomic E-state index is 10.5. The summed E-state index contributed by atoms with van der Waals surface area (Å²) in [5, 5.41) is 9.84. The fourth-order valence-electron chi connectivity index (χ4n) is 1.59. The molecule has 0 aromatic rings. The quantitative estimate of drug-likeness (QED) is 0.637. The summed E-state index contributed by atoms with van der Waals surface area (Å²) >= 11 is 0. The highest BCUT2D eigenvalue weighted by molar-refractivity contribution is 5.65. The average Bonchev–Trinajstić information content (AvgIpc) is 2.03.